The second-order valence-corrected chi connectivity index (χ2v) is 8.21. The van der Waals surface area contributed by atoms with Crippen LogP contribution in [0.1, 0.15) is 36.8 Å². The van der Waals surface area contributed by atoms with Gasteiger partial charge in [0, 0.05) is 36.8 Å². The fourth-order valence-corrected chi connectivity index (χ4v) is 3.93. The Kier molecular flexibility index (Phi) is 7.69. The van der Waals surface area contributed by atoms with Gasteiger partial charge in [-0.25, -0.2) is 9.18 Å². The van der Waals surface area contributed by atoms with E-state index in [1.54, 1.807) is 6.07 Å². The van der Waals surface area contributed by atoms with Gasteiger partial charge in [-0.15, -0.1) is 0 Å². The number of nitrogens with one attached hydrogen (secondary N) is 2. The van der Waals surface area contributed by atoms with Gasteiger partial charge in [-0.2, -0.15) is 0 Å². The minimum absolute atomic E-state index is 0.0725. The topological polar surface area (TPSA) is 61.4 Å². The molecule has 1 unspecified atom stereocenters. The van der Waals surface area contributed by atoms with Gasteiger partial charge in [-0.3, -0.25) is 4.79 Å². The number of hydrogen-bond donors (Lipinski definition) is 2. The van der Waals surface area contributed by atoms with E-state index in [9.17, 15) is 14.0 Å². The number of carbonyl (C=O) groups is 2. The van der Waals surface area contributed by atoms with E-state index in [1.165, 1.54) is 12.1 Å². The summed E-state index contributed by atoms with van der Waals surface area (Å²) in [7, 11) is 0. The number of urea groups is 1. The predicted molar refractivity (Wildman–Crippen MR) is 117 cm³/mol. The lowest BCUT2D eigenvalue weighted by Crippen LogP contribution is -2.42. The van der Waals surface area contributed by atoms with Gasteiger partial charge in [0.15, 0.2) is 0 Å². The van der Waals surface area contributed by atoms with Crippen LogP contribution in [0.2, 0.25) is 5.02 Å². The largest absolute Gasteiger partial charge is 0.352 e. The monoisotopic (exact) mass is 431 g/mol. The summed E-state index contributed by atoms with van der Waals surface area (Å²) in [6.07, 6.45) is 3.04. The molecule has 5 nitrogen and oxygen atoms in total. The maximum absolute atomic E-state index is 13.1. The number of piperidine rings is 1. The maximum atomic E-state index is 13.1. The van der Waals surface area contributed by atoms with E-state index in [0.29, 0.717) is 29.5 Å². The van der Waals surface area contributed by atoms with Crippen molar-refractivity contribution in [3.8, 4) is 0 Å². The fraction of sp³-hybridized carbons (Fsp3) is 0.391. The average Bonchev–Trinajstić information content (AvgIpc) is 2.72. The summed E-state index contributed by atoms with van der Waals surface area (Å²) in [4.78, 5) is 26.6. The van der Waals surface area contributed by atoms with E-state index in [4.69, 9.17) is 11.6 Å². The number of nitrogens with zero attached hydrogens (tertiary/aromatic N) is 1. The smallest absolute Gasteiger partial charge is 0.321 e. The van der Waals surface area contributed by atoms with Crippen LogP contribution in [0.3, 0.4) is 0 Å². The molecule has 0 bridgehead atoms. The summed E-state index contributed by atoms with van der Waals surface area (Å²) in [5.41, 5.74) is 2.57. The van der Waals surface area contributed by atoms with Crippen molar-refractivity contribution in [1.82, 2.24) is 10.2 Å². The Balaban J connectivity index is 1.43. The van der Waals surface area contributed by atoms with Crippen LogP contribution >= 0.6 is 11.6 Å². The number of rotatable bonds is 6. The van der Waals surface area contributed by atoms with E-state index >= 15 is 0 Å². The van der Waals surface area contributed by atoms with Crippen molar-refractivity contribution in [2.45, 2.75) is 39.2 Å². The van der Waals surface area contributed by atoms with Crippen LogP contribution in [0.4, 0.5) is 14.9 Å². The van der Waals surface area contributed by atoms with Crippen LogP contribution in [0.5, 0.6) is 0 Å². The molecule has 0 aromatic heterocycles. The van der Waals surface area contributed by atoms with Crippen molar-refractivity contribution >= 4 is 29.2 Å². The summed E-state index contributed by atoms with van der Waals surface area (Å²) in [5.74, 6) is -0.178. The second-order valence-electron chi connectivity index (χ2n) is 7.81. The average molecular weight is 432 g/mol. The number of carbonyl (C=O) groups excluding carboxylic acids is 2. The quantitative estimate of drug-likeness (QED) is 0.666. The predicted octanol–water partition coefficient (Wildman–Crippen LogP) is 5.13. The molecule has 30 heavy (non-hydrogen) atoms. The summed E-state index contributed by atoms with van der Waals surface area (Å²) in [6, 6.07) is 11.8. The van der Waals surface area contributed by atoms with Crippen molar-refractivity contribution in [2.24, 2.45) is 5.92 Å². The number of hydrogen-bond acceptors (Lipinski definition) is 2. The van der Waals surface area contributed by atoms with Crippen LogP contribution in [-0.4, -0.2) is 29.9 Å². The Morgan fingerprint density at radius 2 is 2.07 bits per heavy atom. The highest BCUT2D eigenvalue weighted by Crippen LogP contribution is 2.22. The molecule has 1 heterocycles. The standard InChI is InChI=1S/C23H27ClFN3O2/c1-16-4-2-6-20(12-16)27-23(30)28-11-3-5-17(15-28)7-10-22(29)26-14-18-8-9-19(25)13-21(18)24/h2,4,6,8-9,12-13,17H,3,5,7,10-11,14-15H2,1H3,(H,26,29)(H,27,30). The van der Waals surface area contributed by atoms with Crippen molar-refractivity contribution in [2.75, 3.05) is 18.4 Å². The Morgan fingerprint density at radius 3 is 2.83 bits per heavy atom. The number of benzene rings is 2. The lowest BCUT2D eigenvalue weighted by Gasteiger charge is -2.32. The Morgan fingerprint density at radius 1 is 1.23 bits per heavy atom. The van der Waals surface area contributed by atoms with E-state index < -0.39 is 5.82 Å². The van der Waals surface area contributed by atoms with Gasteiger partial charge in [-0.05, 0) is 67.5 Å². The molecule has 2 aromatic rings. The number of likely N-dealkylation sites (tertiary alicyclic amines) is 1. The van der Waals surface area contributed by atoms with E-state index in [0.717, 1.165) is 37.1 Å². The molecule has 0 radical (unpaired) electrons. The third-order valence-corrected chi connectivity index (χ3v) is 5.70. The molecule has 1 aliphatic heterocycles. The summed E-state index contributed by atoms with van der Waals surface area (Å²) >= 11 is 5.99. The SMILES string of the molecule is Cc1cccc(NC(=O)N2CCCC(CCC(=O)NCc3ccc(F)cc3Cl)C2)c1. The Bertz CT molecular complexity index is 906. The third-order valence-electron chi connectivity index (χ3n) is 5.35. The Hall–Kier alpha value is -2.60. The third kappa shape index (κ3) is 6.46. The van der Waals surface area contributed by atoms with Gasteiger partial charge in [0.2, 0.25) is 5.91 Å². The normalized spacial score (nSPS) is 16.2. The van der Waals surface area contributed by atoms with E-state index in [1.807, 2.05) is 36.1 Å². The molecule has 0 spiro atoms. The molecule has 0 aliphatic carbocycles. The summed E-state index contributed by atoms with van der Waals surface area (Å²) < 4.78 is 13.1. The van der Waals surface area contributed by atoms with Gasteiger partial charge >= 0.3 is 6.03 Å². The van der Waals surface area contributed by atoms with Crippen LogP contribution in [0, 0.1) is 18.7 Å². The lowest BCUT2D eigenvalue weighted by atomic mass is 9.93. The molecule has 3 rings (SSSR count). The van der Waals surface area contributed by atoms with Gasteiger partial charge in [0.1, 0.15) is 5.82 Å². The van der Waals surface area contributed by atoms with Gasteiger partial charge in [0.05, 0.1) is 0 Å². The Labute approximate surface area is 181 Å². The van der Waals surface area contributed by atoms with E-state index in [2.05, 4.69) is 10.6 Å². The van der Waals surface area contributed by atoms with Gasteiger partial charge in [-0.1, -0.05) is 29.8 Å². The first kappa shape index (κ1) is 22.1. The zero-order chi connectivity index (χ0) is 21.5. The maximum Gasteiger partial charge on any atom is 0.321 e. The lowest BCUT2D eigenvalue weighted by molar-refractivity contribution is -0.121. The molecule has 160 valence electrons. The van der Waals surface area contributed by atoms with Gasteiger partial charge in [0.25, 0.3) is 0 Å². The first-order valence-electron chi connectivity index (χ1n) is 10.2. The molecule has 7 heteroatoms. The van der Waals surface area contributed by atoms with Crippen LogP contribution < -0.4 is 10.6 Å². The van der Waals surface area contributed by atoms with Crippen LogP contribution in [0.15, 0.2) is 42.5 Å². The molecular weight excluding hydrogens is 405 g/mol. The summed E-state index contributed by atoms with van der Waals surface area (Å²) in [5, 5.41) is 6.09. The van der Waals surface area contributed by atoms with Crippen molar-refractivity contribution < 1.29 is 14.0 Å². The molecule has 1 aliphatic rings. The molecule has 2 aromatic carbocycles. The first-order chi connectivity index (χ1) is 14.4. The number of anilines is 1. The second kappa shape index (κ2) is 10.4. The highest BCUT2D eigenvalue weighted by molar-refractivity contribution is 6.31. The zero-order valence-corrected chi connectivity index (χ0v) is 17.8. The highest BCUT2D eigenvalue weighted by atomic mass is 35.5. The molecular formula is C23H27ClFN3O2. The van der Waals surface area contributed by atoms with Crippen LogP contribution in [0.25, 0.3) is 0 Å². The van der Waals surface area contributed by atoms with Crippen LogP contribution in [-0.2, 0) is 11.3 Å². The molecule has 3 amide bonds. The molecule has 0 saturated carbocycles. The first-order valence-corrected chi connectivity index (χ1v) is 10.6. The number of halogens is 2. The molecule has 1 saturated heterocycles. The van der Waals surface area contributed by atoms with E-state index in [-0.39, 0.29) is 18.5 Å². The summed E-state index contributed by atoms with van der Waals surface area (Å²) in [6.45, 7) is 3.63. The van der Waals surface area contributed by atoms with Crippen molar-refractivity contribution in [3.05, 3.63) is 64.4 Å². The minimum Gasteiger partial charge on any atom is -0.352 e. The van der Waals surface area contributed by atoms with Crippen molar-refractivity contribution in [3.63, 3.8) is 0 Å². The zero-order valence-electron chi connectivity index (χ0n) is 17.1. The van der Waals surface area contributed by atoms with Gasteiger partial charge < -0.3 is 15.5 Å². The molecule has 1 atom stereocenters. The fourth-order valence-electron chi connectivity index (χ4n) is 3.69. The molecule has 2 N–H and O–H groups in total. The van der Waals surface area contributed by atoms with Crippen molar-refractivity contribution in [1.29, 1.82) is 0 Å². The number of amides is 3. The minimum atomic E-state index is -0.400. The highest BCUT2D eigenvalue weighted by Gasteiger charge is 2.24. The number of aryl methyl sites for hydroxylation is 1. The molecule has 1 fully saturated rings.